The van der Waals surface area contributed by atoms with Crippen LogP contribution < -0.4 is 5.32 Å². The molecule has 3 aromatic carbocycles. The molecule has 1 fully saturated rings. The first-order chi connectivity index (χ1) is 15.7. The SMILES string of the molecule is C[C@@H](NC1CC[C@@H](c2ccc(C(F)(F)F)c(CCC(=O)O)c2)C1)c1cccc2ccccc12. The van der Waals surface area contributed by atoms with E-state index in [4.69, 9.17) is 5.11 Å². The van der Waals surface area contributed by atoms with Crippen LogP contribution in [0.15, 0.2) is 60.7 Å². The smallest absolute Gasteiger partial charge is 0.416 e. The Balaban J connectivity index is 1.48. The Morgan fingerprint density at radius 3 is 2.61 bits per heavy atom. The van der Waals surface area contributed by atoms with Gasteiger partial charge < -0.3 is 10.4 Å². The van der Waals surface area contributed by atoms with E-state index in [9.17, 15) is 18.0 Å². The number of alkyl halides is 3. The molecule has 3 atom stereocenters. The summed E-state index contributed by atoms with van der Waals surface area (Å²) in [7, 11) is 0. The van der Waals surface area contributed by atoms with Gasteiger partial charge in [-0.15, -0.1) is 0 Å². The van der Waals surface area contributed by atoms with E-state index in [1.165, 1.54) is 16.3 Å². The van der Waals surface area contributed by atoms with Crippen LogP contribution in [0.1, 0.15) is 66.8 Å². The zero-order valence-electron chi connectivity index (χ0n) is 18.5. The van der Waals surface area contributed by atoms with E-state index >= 15 is 0 Å². The van der Waals surface area contributed by atoms with Crippen LogP contribution in [0, 0.1) is 0 Å². The van der Waals surface area contributed by atoms with Crippen molar-refractivity contribution in [1.82, 2.24) is 5.32 Å². The first-order valence-corrected chi connectivity index (χ1v) is 11.4. The second-order valence-electron chi connectivity index (χ2n) is 8.97. The molecule has 6 heteroatoms. The van der Waals surface area contributed by atoms with Crippen LogP contribution in [-0.4, -0.2) is 17.1 Å². The third-order valence-electron chi connectivity index (χ3n) is 6.72. The van der Waals surface area contributed by atoms with Crippen molar-refractivity contribution in [3.63, 3.8) is 0 Å². The fraction of sp³-hybridized carbons (Fsp3) is 0.370. The molecule has 0 saturated heterocycles. The summed E-state index contributed by atoms with van der Waals surface area (Å²) in [5, 5.41) is 15.1. The summed E-state index contributed by atoms with van der Waals surface area (Å²) in [6.07, 6.45) is -2.23. The minimum absolute atomic E-state index is 0.0722. The largest absolute Gasteiger partial charge is 0.481 e. The maximum atomic E-state index is 13.4. The molecule has 1 saturated carbocycles. The van der Waals surface area contributed by atoms with Gasteiger partial charge in [0, 0.05) is 18.5 Å². The summed E-state index contributed by atoms with van der Waals surface area (Å²) < 4.78 is 40.2. The van der Waals surface area contributed by atoms with Gasteiger partial charge in [0.05, 0.1) is 5.56 Å². The minimum atomic E-state index is -4.49. The number of nitrogens with one attached hydrogen (secondary N) is 1. The van der Waals surface area contributed by atoms with Crippen LogP contribution >= 0.6 is 0 Å². The monoisotopic (exact) mass is 455 g/mol. The van der Waals surface area contributed by atoms with Crippen molar-refractivity contribution in [1.29, 1.82) is 0 Å². The van der Waals surface area contributed by atoms with Gasteiger partial charge in [0.15, 0.2) is 0 Å². The van der Waals surface area contributed by atoms with Crippen molar-refractivity contribution in [3.05, 3.63) is 82.9 Å². The summed E-state index contributed by atoms with van der Waals surface area (Å²) >= 11 is 0. The second-order valence-corrected chi connectivity index (χ2v) is 8.97. The molecule has 2 N–H and O–H groups in total. The number of rotatable bonds is 7. The summed E-state index contributed by atoms with van der Waals surface area (Å²) in [5.41, 5.74) is 1.44. The van der Waals surface area contributed by atoms with Crippen LogP contribution in [0.25, 0.3) is 10.8 Å². The lowest BCUT2D eigenvalue weighted by atomic mass is 9.91. The second kappa shape index (κ2) is 9.56. The van der Waals surface area contributed by atoms with Gasteiger partial charge in [-0.2, -0.15) is 13.2 Å². The molecule has 1 unspecified atom stereocenters. The molecule has 0 aliphatic heterocycles. The van der Waals surface area contributed by atoms with E-state index in [-0.39, 0.29) is 36.4 Å². The molecule has 0 aromatic heterocycles. The number of aryl methyl sites for hydroxylation is 1. The van der Waals surface area contributed by atoms with Gasteiger partial charge in [-0.1, -0.05) is 54.6 Å². The van der Waals surface area contributed by atoms with Crippen LogP contribution in [0.3, 0.4) is 0 Å². The maximum absolute atomic E-state index is 13.4. The zero-order valence-corrected chi connectivity index (χ0v) is 18.5. The molecule has 0 spiro atoms. The molecule has 0 amide bonds. The van der Waals surface area contributed by atoms with E-state index in [1.54, 1.807) is 12.1 Å². The molecule has 0 radical (unpaired) electrons. The van der Waals surface area contributed by atoms with E-state index in [1.807, 2.05) is 12.1 Å². The Labute approximate surface area is 191 Å². The molecule has 3 aromatic rings. The van der Waals surface area contributed by atoms with Crippen molar-refractivity contribution < 1.29 is 23.1 Å². The molecule has 3 nitrogen and oxygen atoms in total. The number of carboxylic acid groups (broad SMARTS) is 1. The molecule has 1 aliphatic rings. The van der Waals surface area contributed by atoms with Gasteiger partial charge in [-0.25, -0.2) is 0 Å². The molecule has 0 bridgehead atoms. The number of carboxylic acids is 1. The van der Waals surface area contributed by atoms with Gasteiger partial charge in [-0.3, -0.25) is 4.79 Å². The Kier molecular flexibility index (Phi) is 6.75. The van der Waals surface area contributed by atoms with Crippen LogP contribution in [0.2, 0.25) is 0 Å². The summed E-state index contributed by atoms with van der Waals surface area (Å²) in [4.78, 5) is 10.9. The van der Waals surface area contributed by atoms with Crippen molar-refractivity contribution in [2.75, 3.05) is 0 Å². The Morgan fingerprint density at radius 2 is 1.85 bits per heavy atom. The number of hydrogen-bond donors (Lipinski definition) is 2. The van der Waals surface area contributed by atoms with Crippen molar-refractivity contribution in [2.45, 2.75) is 63.2 Å². The van der Waals surface area contributed by atoms with Gasteiger partial charge in [-0.05, 0) is 72.1 Å². The van der Waals surface area contributed by atoms with E-state index in [0.29, 0.717) is 0 Å². The molecular formula is C27H28F3NO2. The average Bonchev–Trinajstić information content (AvgIpc) is 3.24. The molecule has 4 rings (SSSR count). The Hall–Kier alpha value is -2.86. The maximum Gasteiger partial charge on any atom is 0.416 e. The molecule has 174 valence electrons. The normalized spacial score (nSPS) is 19.6. The van der Waals surface area contributed by atoms with Crippen molar-refractivity contribution in [3.8, 4) is 0 Å². The lowest BCUT2D eigenvalue weighted by Crippen LogP contribution is -2.29. The van der Waals surface area contributed by atoms with Gasteiger partial charge >= 0.3 is 12.1 Å². The van der Waals surface area contributed by atoms with Crippen LogP contribution in [0.5, 0.6) is 0 Å². The first-order valence-electron chi connectivity index (χ1n) is 11.4. The van der Waals surface area contributed by atoms with E-state index < -0.39 is 17.7 Å². The third kappa shape index (κ3) is 5.38. The zero-order chi connectivity index (χ0) is 23.6. The highest BCUT2D eigenvalue weighted by atomic mass is 19.4. The summed E-state index contributed by atoms with van der Waals surface area (Å²) in [5.74, 6) is -0.936. The predicted octanol–water partition coefficient (Wildman–Crippen LogP) is 6.86. The predicted molar refractivity (Wildman–Crippen MR) is 123 cm³/mol. The van der Waals surface area contributed by atoms with Crippen LogP contribution in [-0.2, 0) is 17.4 Å². The fourth-order valence-electron chi connectivity index (χ4n) is 5.10. The number of carbonyl (C=O) groups is 1. The quantitative estimate of drug-likeness (QED) is 0.409. The highest BCUT2D eigenvalue weighted by Crippen LogP contribution is 2.39. The number of benzene rings is 3. The summed E-state index contributed by atoms with van der Waals surface area (Å²) in [6, 6.07) is 19.3. The highest BCUT2D eigenvalue weighted by Gasteiger charge is 2.34. The molecule has 33 heavy (non-hydrogen) atoms. The van der Waals surface area contributed by atoms with Crippen molar-refractivity contribution in [2.24, 2.45) is 0 Å². The number of fused-ring (bicyclic) bond motifs is 1. The fourth-order valence-corrected chi connectivity index (χ4v) is 5.10. The van der Waals surface area contributed by atoms with Gasteiger partial charge in [0.1, 0.15) is 0 Å². The minimum Gasteiger partial charge on any atom is -0.481 e. The number of hydrogen-bond acceptors (Lipinski definition) is 2. The molecule has 1 aliphatic carbocycles. The van der Waals surface area contributed by atoms with Gasteiger partial charge in [0.25, 0.3) is 0 Å². The average molecular weight is 456 g/mol. The Bertz CT molecular complexity index is 1140. The number of halogens is 3. The topological polar surface area (TPSA) is 49.3 Å². The third-order valence-corrected chi connectivity index (χ3v) is 6.72. The lowest BCUT2D eigenvalue weighted by Gasteiger charge is -2.22. The van der Waals surface area contributed by atoms with Crippen LogP contribution in [0.4, 0.5) is 13.2 Å². The van der Waals surface area contributed by atoms with Gasteiger partial charge in [0.2, 0.25) is 0 Å². The molecule has 0 heterocycles. The lowest BCUT2D eigenvalue weighted by molar-refractivity contribution is -0.140. The highest BCUT2D eigenvalue weighted by molar-refractivity contribution is 5.86. The van der Waals surface area contributed by atoms with Crippen molar-refractivity contribution >= 4 is 16.7 Å². The van der Waals surface area contributed by atoms with E-state index in [0.717, 1.165) is 30.9 Å². The standard InChI is InChI=1S/C27H28F3NO2/c1-17(23-8-4-6-18-5-2-3-7-24(18)23)31-22-12-9-20(16-22)19-10-13-25(27(28,29)30)21(15-19)11-14-26(32)33/h2-8,10,13,15,17,20,22,31H,9,11-12,14,16H2,1H3,(H,32,33)/t17-,20-,22?/m1/s1. The first kappa shape index (κ1) is 23.3. The van der Waals surface area contributed by atoms with E-state index in [2.05, 4.69) is 42.6 Å². The Morgan fingerprint density at radius 1 is 1.09 bits per heavy atom. The summed E-state index contributed by atoms with van der Waals surface area (Å²) in [6.45, 7) is 2.15. The molecular weight excluding hydrogens is 427 g/mol. The number of aliphatic carboxylic acids is 1.